The molecule has 0 amide bonds. The van der Waals surface area contributed by atoms with Gasteiger partial charge in [-0.15, -0.1) is 0 Å². The van der Waals surface area contributed by atoms with Gasteiger partial charge in [-0.05, 0) is 44.7 Å². The minimum atomic E-state index is 0.986. The fourth-order valence-corrected chi connectivity index (χ4v) is 1.35. The zero-order chi connectivity index (χ0) is 11.8. The van der Waals surface area contributed by atoms with Crippen LogP contribution in [0, 0.1) is 11.8 Å². The summed E-state index contributed by atoms with van der Waals surface area (Å²) in [5, 5.41) is 0. The highest BCUT2D eigenvalue weighted by Gasteiger charge is 1.90. The van der Waals surface area contributed by atoms with E-state index >= 15 is 0 Å². The molecule has 0 fully saturated rings. The first kappa shape index (κ1) is 12.6. The van der Waals surface area contributed by atoms with Crippen molar-refractivity contribution in [1.82, 2.24) is 0 Å². The van der Waals surface area contributed by atoms with E-state index < -0.39 is 0 Å². The third-order valence-corrected chi connectivity index (χ3v) is 2.64. The molecule has 0 unspecified atom stereocenters. The van der Waals surface area contributed by atoms with Crippen LogP contribution in [0.25, 0.3) is 0 Å². The van der Waals surface area contributed by atoms with Crippen LogP contribution in [0.1, 0.15) is 39.2 Å². The Hall–Kier alpha value is -1.48. The van der Waals surface area contributed by atoms with E-state index in [0.717, 1.165) is 19.3 Å². The molecule has 1 aromatic rings. The number of allylic oxidation sites excluding steroid dienone is 2. The molecule has 84 valence electrons. The van der Waals surface area contributed by atoms with Crippen molar-refractivity contribution in [3.05, 3.63) is 47.0 Å². The molecule has 0 aliphatic carbocycles. The van der Waals surface area contributed by atoms with Gasteiger partial charge >= 0.3 is 0 Å². The molecule has 0 nitrogen and oxygen atoms in total. The molecular formula is C16H20. The first-order valence-electron chi connectivity index (χ1n) is 5.87. The van der Waals surface area contributed by atoms with E-state index in [0.29, 0.717) is 0 Å². The molecule has 0 saturated heterocycles. The topological polar surface area (TPSA) is 0 Å². The summed E-state index contributed by atoms with van der Waals surface area (Å²) in [6.07, 6.45) is 3.26. The molecule has 1 rings (SSSR count). The maximum Gasteiger partial charge on any atom is 0.00954 e. The molecule has 0 saturated carbocycles. The predicted molar refractivity (Wildman–Crippen MR) is 71.2 cm³/mol. The van der Waals surface area contributed by atoms with E-state index in [4.69, 9.17) is 0 Å². The lowest BCUT2D eigenvalue weighted by molar-refractivity contribution is 0.857. The Balaban J connectivity index is 2.30. The van der Waals surface area contributed by atoms with Gasteiger partial charge in [0.2, 0.25) is 0 Å². The summed E-state index contributed by atoms with van der Waals surface area (Å²) in [7, 11) is 0. The van der Waals surface area contributed by atoms with Gasteiger partial charge in [-0.1, -0.05) is 47.7 Å². The van der Waals surface area contributed by atoms with Crippen LogP contribution >= 0.6 is 0 Å². The Morgan fingerprint density at radius 3 is 2.38 bits per heavy atom. The van der Waals surface area contributed by atoms with Crippen molar-refractivity contribution in [3.63, 3.8) is 0 Å². The summed E-state index contributed by atoms with van der Waals surface area (Å²) < 4.78 is 0. The lowest BCUT2D eigenvalue weighted by Gasteiger charge is -1.97. The third kappa shape index (κ3) is 4.84. The smallest absolute Gasteiger partial charge is 0.00954 e. The molecule has 0 atom stereocenters. The van der Waals surface area contributed by atoms with Crippen molar-refractivity contribution in [2.45, 2.75) is 40.0 Å². The van der Waals surface area contributed by atoms with Gasteiger partial charge in [0.25, 0.3) is 0 Å². The van der Waals surface area contributed by atoms with Crippen LogP contribution in [0.4, 0.5) is 0 Å². The molecule has 16 heavy (non-hydrogen) atoms. The average molecular weight is 212 g/mol. The van der Waals surface area contributed by atoms with Crippen molar-refractivity contribution in [2.24, 2.45) is 0 Å². The van der Waals surface area contributed by atoms with Gasteiger partial charge in [-0.2, -0.15) is 0 Å². The lowest BCUT2D eigenvalue weighted by Crippen LogP contribution is -1.83. The molecule has 0 heterocycles. The van der Waals surface area contributed by atoms with Gasteiger partial charge in [0.15, 0.2) is 0 Å². The van der Waals surface area contributed by atoms with E-state index in [1.807, 2.05) is 0 Å². The minimum absolute atomic E-state index is 0.986. The Morgan fingerprint density at radius 1 is 1.06 bits per heavy atom. The quantitative estimate of drug-likeness (QED) is 0.515. The number of benzene rings is 1. The van der Waals surface area contributed by atoms with Crippen LogP contribution in [-0.4, -0.2) is 0 Å². The van der Waals surface area contributed by atoms with Crippen molar-refractivity contribution in [1.29, 1.82) is 0 Å². The van der Waals surface area contributed by atoms with Crippen molar-refractivity contribution < 1.29 is 0 Å². The molecule has 0 bridgehead atoms. The fourth-order valence-electron chi connectivity index (χ4n) is 1.35. The SMILES string of the molecule is CC(C)=C(C)C#CCCCc1ccccc1. The molecule has 0 aliphatic heterocycles. The van der Waals surface area contributed by atoms with Crippen LogP contribution in [0.5, 0.6) is 0 Å². The molecule has 1 aromatic carbocycles. The molecule has 0 spiro atoms. The third-order valence-electron chi connectivity index (χ3n) is 2.64. The van der Waals surface area contributed by atoms with Crippen molar-refractivity contribution in [2.75, 3.05) is 0 Å². The van der Waals surface area contributed by atoms with E-state index in [2.05, 4.69) is 62.9 Å². The first-order valence-corrected chi connectivity index (χ1v) is 5.87. The Labute approximate surface area is 99.4 Å². The van der Waals surface area contributed by atoms with Crippen LogP contribution in [-0.2, 0) is 6.42 Å². The van der Waals surface area contributed by atoms with Gasteiger partial charge in [-0.3, -0.25) is 0 Å². The minimum Gasteiger partial charge on any atom is -0.0982 e. The summed E-state index contributed by atoms with van der Waals surface area (Å²) in [5.41, 5.74) is 3.93. The number of hydrogen-bond donors (Lipinski definition) is 0. The molecule has 0 aliphatic rings. The van der Waals surface area contributed by atoms with E-state index in [-0.39, 0.29) is 0 Å². The maximum atomic E-state index is 3.23. The maximum absolute atomic E-state index is 3.23. The van der Waals surface area contributed by atoms with E-state index in [1.165, 1.54) is 16.7 Å². The summed E-state index contributed by atoms with van der Waals surface area (Å²) in [4.78, 5) is 0. The molecule has 0 N–H and O–H groups in total. The summed E-state index contributed by atoms with van der Waals surface area (Å²) in [6.45, 7) is 6.29. The Morgan fingerprint density at radius 2 is 1.75 bits per heavy atom. The Kier molecular flexibility index (Phi) is 5.43. The number of aryl methyl sites for hydroxylation is 1. The average Bonchev–Trinajstić information content (AvgIpc) is 2.29. The highest BCUT2D eigenvalue weighted by atomic mass is 13.9. The molecule has 0 aromatic heterocycles. The molecular weight excluding hydrogens is 192 g/mol. The number of hydrogen-bond acceptors (Lipinski definition) is 0. The van der Waals surface area contributed by atoms with Crippen molar-refractivity contribution in [3.8, 4) is 11.8 Å². The second-order valence-electron chi connectivity index (χ2n) is 4.27. The normalized spacial score (nSPS) is 9.19. The van der Waals surface area contributed by atoms with Gasteiger partial charge < -0.3 is 0 Å². The highest BCUT2D eigenvalue weighted by molar-refractivity contribution is 5.29. The van der Waals surface area contributed by atoms with Crippen LogP contribution in [0.15, 0.2) is 41.5 Å². The first-order chi connectivity index (χ1) is 7.70. The zero-order valence-electron chi connectivity index (χ0n) is 10.5. The predicted octanol–water partition coefficient (Wildman–Crippen LogP) is 4.37. The number of unbranched alkanes of at least 4 members (excludes halogenated alkanes) is 1. The van der Waals surface area contributed by atoms with Crippen LogP contribution in [0.2, 0.25) is 0 Å². The Bertz CT molecular complexity index is 395. The monoisotopic (exact) mass is 212 g/mol. The van der Waals surface area contributed by atoms with E-state index in [9.17, 15) is 0 Å². The van der Waals surface area contributed by atoms with Crippen molar-refractivity contribution >= 4 is 0 Å². The highest BCUT2D eigenvalue weighted by Crippen LogP contribution is 2.04. The van der Waals surface area contributed by atoms with Gasteiger partial charge in [0.05, 0.1) is 0 Å². The lowest BCUT2D eigenvalue weighted by atomic mass is 10.1. The molecule has 0 radical (unpaired) electrons. The van der Waals surface area contributed by atoms with Gasteiger partial charge in [0.1, 0.15) is 0 Å². The van der Waals surface area contributed by atoms with Crippen LogP contribution < -0.4 is 0 Å². The van der Waals surface area contributed by atoms with Gasteiger partial charge in [-0.25, -0.2) is 0 Å². The second-order valence-corrected chi connectivity index (χ2v) is 4.27. The van der Waals surface area contributed by atoms with Crippen LogP contribution in [0.3, 0.4) is 0 Å². The zero-order valence-corrected chi connectivity index (χ0v) is 10.5. The molecule has 0 heteroatoms. The second kappa shape index (κ2) is 6.90. The largest absolute Gasteiger partial charge is 0.0982 e. The number of rotatable bonds is 3. The summed E-state index contributed by atoms with van der Waals surface area (Å²) in [5.74, 6) is 6.43. The standard InChI is InChI=1S/C16H20/c1-14(2)15(3)10-6-4-7-11-16-12-8-5-9-13-16/h5,8-9,12-13H,4,7,11H2,1-3H3. The van der Waals surface area contributed by atoms with E-state index in [1.54, 1.807) is 0 Å². The fraction of sp³-hybridized carbons (Fsp3) is 0.375. The summed E-state index contributed by atoms with van der Waals surface area (Å²) in [6, 6.07) is 10.6. The van der Waals surface area contributed by atoms with Gasteiger partial charge in [0, 0.05) is 6.42 Å². The summed E-state index contributed by atoms with van der Waals surface area (Å²) >= 11 is 0.